The minimum Gasteiger partial charge on any atom is -0.441 e. The average molecular weight is 390 g/mol. The molecule has 6 heteroatoms. The number of benzene rings is 1. The Labute approximate surface area is 166 Å². The second-order valence-electron chi connectivity index (χ2n) is 7.11. The van der Waals surface area contributed by atoms with Crippen molar-refractivity contribution >= 4 is 17.5 Å². The first-order chi connectivity index (χ1) is 13.0. The van der Waals surface area contributed by atoms with Crippen LogP contribution in [0, 0.1) is 12.8 Å². The molecule has 0 radical (unpaired) electrons. The van der Waals surface area contributed by atoms with Crippen molar-refractivity contribution in [3.8, 4) is 11.5 Å². The lowest BCUT2D eigenvalue weighted by molar-refractivity contribution is -0.137. The van der Waals surface area contributed by atoms with Gasteiger partial charge in [0.2, 0.25) is 11.8 Å². The normalized spacial score (nSPS) is 17.9. The van der Waals surface area contributed by atoms with Gasteiger partial charge in [-0.3, -0.25) is 9.69 Å². The van der Waals surface area contributed by atoms with Crippen molar-refractivity contribution < 1.29 is 9.21 Å². The molecule has 1 aliphatic heterocycles. The molecule has 27 heavy (non-hydrogen) atoms. The maximum atomic E-state index is 12.7. The molecule has 2 heterocycles. The molecule has 1 aromatic carbocycles. The summed E-state index contributed by atoms with van der Waals surface area (Å²) in [7, 11) is 0. The minimum atomic E-state index is 0.0848. The van der Waals surface area contributed by atoms with Crippen LogP contribution in [0.4, 0.5) is 0 Å². The van der Waals surface area contributed by atoms with E-state index in [4.69, 9.17) is 21.0 Å². The summed E-state index contributed by atoms with van der Waals surface area (Å²) >= 11 is 5.96. The zero-order valence-electron chi connectivity index (χ0n) is 16.4. The number of carbonyl (C=O) groups excluding carboxylic acids is 1. The van der Waals surface area contributed by atoms with Gasteiger partial charge in [0.15, 0.2) is 0 Å². The van der Waals surface area contributed by atoms with Crippen molar-refractivity contribution in [1.82, 2.24) is 14.8 Å². The molecule has 5 nitrogen and oxygen atoms in total. The molecule has 146 valence electrons. The van der Waals surface area contributed by atoms with Crippen LogP contribution in [0.3, 0.4) is 0 Å². The Kier molecular flexibility index (Phi) is 6.55. The zero-order chi connectivity index (χ0) is 19.4. The van der Waals surface area contributed by atoms with Gasteiger partial charge in [-0.2, -0.15) is 0 Å². The van der Waals surface area contributed by atoms with Crippen LogP contribution in [0.25, 0.3) is 11.5 Å². The van der Waals surface area contributed by atoms with Gasteiger partial charge in [0.05, 0.1) is 11.6 Å². The fourth-order valence-corrected chi connectivity index (χ4v) is 3.82. The Balaban J connectivity index is 1.68. The van der Waals surface area contributed by atoms with E-state index in [1.54, 1.807) is 0 Å². The van der Waals surface area contributed by atoms with E-state index in [2.05, 4.69) is 4.90 Å². The van der Waals surface area contributed by atoms with E-state index in [1.807, 2.05) is 49.9 Å². The van der Waals surface area contributed by atoms with E-state index in [1.165, 1.54) is 0 Å². The number of piperidine rings is 1. The van der Waals surface area contributed by atoms with Crippen molar-refractivity contribution in [2.75, 3.05) is 26.2 Å². The Bertz CT molecular complexity index is 768. The maximum Gasteiger partial charge on any atom is 0.226 e. The molecule has 2 aromatic rings. The van der Waals surface area contributed by atoms with Gasteiger partial charge in [0, 0.05) is 36.8 Å². The highest BCUT2D eigenvalue weighted by molar-refractivity contribution is 6.30. The van der Waals surface area contributed by atoms with Crippen molar-refractivity contribution in [1.29, 1.82) is 0 Å². The van der Waals surface area contributed by atoms with Crippen LogP contribution in [0.15, 0.2) is 28.7 Å². The van der Waals surface area contributed by atoms with Crippen LogP contribution in [-0.2, 0) is 11.3 Å². The Morgan fingerprint density at radius 1 is 1.30 bits per heavy atom. The Morgan fingerprint density at radius 3 is 2.67 bits per heavy atom. The standard InChI is InChI=1S/C21H28ClN3O2/c1-4-25(5-2)21(26)17-7-6-12-24(13-17)14-19-15(3)27-20(23-19)16-8-10-18(22)11-9-16/h8-11,17H,4-7,12-14H2,1-3H3/t17-/m0/s1. The van der Waals surface area contributed by atoms with Gasteiger partial charge in [-0.05, 0) is 64.4 Å². The predicted molar refractivity (Wildman–Crippen MR) is 108 cm³/mol. The number of aryl methyl sites for hydroxylation is 1. The summed E-state index contributed by atoms with van der Waals surface area (Å²) in [6.07, 6.45) is 2.01. The van der Waals surface area contributed by atoms with Crippen molar-refractivity contribution in [3.05, 3.63) is 40.7 Å². The number of oxazole rings is 1. The number of halogens is 1. The molecule has 1 aromatic heterocycles. The number of hydrogen-bond acceptors (Lipinski definition) is 4. The third-order valence-corrected chi connectivity index (χ3v) is 5.54. The number of amides is 1. The smallest absolute Gasteiger partial charge is 0.226 e. The van der Waals surface area contributed by atoms with E-state index in [9.17, 15) is 4.79 Å². The molecule has 1 saturated heterocycles. The average Bonchev–Trinajstić information content (AvgIpc) is 3.04. The molecule has 0 saturated carbocycles. The fourth-order valence-electron chi connectivity index (χ4n) is 3.70. The molecule has 1 amide bonds. The first-order valence-corrected chi connectivity index (χ1v) is 10.1. The summed E-state index contributed by atoms with van der Waals surface area (Å²) in [5.41, 5.74) is 1.86. The molecule has 0 N–H and O–H groups in total. The number of aromatic nitrogens is 1. The molecular formula is C21H28ClN3O2. The van der Waals surface area contributed by atoms with Gasteiger partial charge in [-0.1, -0.05) is 11.6 Å². The molecule has 1 atom stereocenters. The van der Waals surface area contributed by atoms with Gasteiger partial charge >= 0.3 is 0 Å². The topological polar surface area (TPSA) is 49.6 Å². The molecular weight excluding hydrogens is 362 g/mol. The second-order valence-corrected chi connectivity index (χ2v) is 7.55. The number of hydrogen-bond donors (Lipinski definition) is 0. The largest absolute Gasteiger partial charge is 0.441 e. The van der Waals surface area contributed by atoms with Crippen LogP contribution < -0.4 is 0 Å². The van der Waals surface area contributed by atoms with E-state index in [-0.39, 0.29) is 11.8 Å². The highest BCUT2D eigenvalue weighted by atomic mass is 35.5. The minimum absolute atomic E-state index is 0.0848. The van der Waals surface area contributed by atoms with Gasteiger partial charge in [-0.25, -0.2) is 4.98 Å². The quantitative estimate of drug-likeness (QED) is 0.735. The van der Waals surface area contributed by atoms with Crippen molar-refractivity contribution in [3.63, 3.8) is 0 Å². The summed E-state index contributed by atoms with van der Waals surface area (Å²) in [6.45, 7) is 10.1. The summed E-state index contributed by atoms with van der Waals surface area (Å²) in [5, 5.41) is 0.694. The number of carbonyl (C=O) groups is 1. The molecule has 0 spiro atoms. The second kappa shape index (κ2) is 8.89. The third kappa shape index (κ3) is 4.71. The molecule has 0 bridgehead atoms. The van der Waals surface area contributed by atoms with Gasteiger partial charge < -0.3 is 9.32 Å². The van der Waals surface area contributed by atoms with Crippen LogP contribution in [0.5, 0.6) is 0 Å². The molecule has 1 fully saturated rings. The fraction of sp³-hybridized carbons (Fsp3) is 0.524. The SMILES string of the molecule is CCN(CC)C(=O)[C@H]1CCCN(Cc2nc(-c3ccc(Cl)cc3)oc2C)C1. The summed E-state index contributed by atoms with van der Waals surface area (Å²) < 4.78 is 5.87. The lowest BCUT2D eigenvalue weighted by Crippen LogP contribution is -2.44. The Hall–Kier alpha value is -1.85. The molecule has 1 aliphatic rings. The van der Waals surface area contributed by atoms with E-state index >= 15 is 0 Å². The first-order valence-electron chi connectivity index (χ1n) is 9.75. The Morgan fingerprint density at radius 2 is 2.00 bits per heavy atom. The summed E-state index contributed by atoms with van der Waals surface area (Å²) in [6, 6.07) is 7.50. The van der Waals surface area contributed by atoms with Crippen LogP contribution in [0.2, 0.25) is 5.02 Å². The lowest BCUT2D eigenvalue weighted by atomic mass is 9.96. The van der Waals surface area contributed by atoms with E-state index < -0.39 is 0 Å². The summed E-state index contributed by atoms with van der Waals surface area (Å²) in [4.78, 5) is 21.7. The number of likely N-dealkylation sites (tertiary alicyclic amines) is 1. The molecule has 3 rings (SSSR count). The van der Waals surface area contributed by atoms with Crippen LogP contribution in [0.1, 0.15) is 38.1 Å². The summed E-state index contributed by atoms with van der Waals surface area (Å²) in [5.74, 6) is 1.81. The zero-order valence-corrected chi connectivity index (χ0v) is 17.1. The van der Waals surface area contributed by atoms with Gasteiger partial charge in [0.25, 0.3) is 0 Å². The van der Waals surface area contributed by atoms with Crippen molar-refractivity contribution in [2.45, 2.75) is 40.2 Å². The van der Waals surface area contributed by atoms with Gasteiger partial charge in [0.1, 0.15) is 5.76 Å². The maximum absolute atomic E-state index is 12.7. The van der Waals surface area contributed by atoms with Crippen LogP contribution in [-0.4, -0.2) is 46.9 Å². The number of nitrogens with zero attached hydrogens (tertiary/aromatic N) is 3. The van der Waals surface area contributed by atoms with Crippen LogP contribution >= 0.6 is 11.6 Å². The molecule has 0 unspecified atom stereocenters. The third-order valence-electron chi connectivity index (χ3n) is 5.29. The highest BCUT2D eigenvalue weighted by Crippen LogP contribution is 2.26. The monoisotopic (exact) mass is 389 g/mol. The van der Waals surface area contributed by atoms with E-state index in [0.717, 1.165) is 56.0 Å². The first kappa shape index (κ1) is 19.9. The molecule has 0 aliphatic carbocycles. The number of rotatable bonds is 6. The van der Waals surface area contributed by atoms with Gasteiger partial charge in [-0.15, -0.1) is 0 Å². The van der Waals surface area contributed by atoms with Crippen molar-refractivity contribution in [2.24, 2.45) is 5.92 Å². The van der Waals surface area contributed by atoms with E-state index in [0.29, 0.717) is 17.5 Å². The predicted octanol–water partition coefficient (Wildman–Crippen LogP) is 4.38. The lowest BCUT2D eigenvalue weighted by Gasteiger charge is -2.34. The highest BCUT2D eigenvalue weighted by Gasteiger charge is 2.29.